The van der Waals surface area contributed by atoms with Gasteiger partial charge in [0.05, 0.1) is 6.54 Å². The van der Waals surface area contributed by atoms with E-state index in [0.29, 0.717) is 0 Å². The molecule has 0 aliphatic heterocycles. The molecule has 4 radical (unpaired) electrons. The van der Waals surface area contributed by atoms with Gasteiger partial charge in [0, 0.05) is 13.6 Å². The third kappa shape index (κ3) is 14.2. The van der Waals surface area contributed by atoms with Gasteiger partial charge in [-0.2, -0.15) is 0 Å². The lowest BCUT2D eigenvalue weighted by Crippen LogP contribution is -2.44. The molecule has 0 aromatic rings. The van der Waals surface area contributed by atoms with Gasteiger partial charge in [-0.15, -0.1) is 0 Å². The van der Waals surface area contributed by atoms with Crippen molar-refractivity contribution in [3.8, 4) is 0 Å². The normalized spacial score (nSPS) is 11.3. The maximum Gasteiger partial charge on any atom is 0.417 e. The minimum absolute atomic E-state index is 0.0421. The van der Waals surface area contributed by atoms with Crippen LogP contribution in [0.25, 0.3) is 0 Å². The number of rotatable bonds is 7. The Balaban J connectivity index is 4.75. The molecule has 2 unspecified atom stereocenters. The van der Waals surface area contributed by atoms with Crippen LogP contribution in [0.15, 0.2) is 4.99 Å². The summed E-state index contributed by atoms with van der Waals surface area (Å²) in [5.41, 5.74) is -0.633. The number of nitrogens with one attached hydrogen (secondary N) is 4. The van der Waals surface area contributed by atoms with Gasteiger partial charge in [-0.05, 0) is 20.8 Å². The first-order valence-electron chi connectivity index (χ1n) is 7.44. The highest BCUT2D eigenvalue weighted by Gasteiger charge is 2.19. The number of hydrogen-bond donors (Lipinski definition) is 4. The Labute approximate surface area is 164 Å². The first-order chi connectivity index (χ1) is 12.6. The predicted octanol–water partition coefficient (Wildman–Crippen LogP) is 0.0249. The molecule has 4 N–H and O–H groups in total. The van der Waals surface area contributed by atoms with E-state index in [9.17, 15) is 14.4 Å². The van der Waals surface area contributed by atoms with E-state index in [2.05, 4.69) is 34.7 Å². The molecular formula is C11H22B2N6O6P2. The van der Waals surface area contributed by atoms with Crippen molar-refractivity contribution in [1.82, 2.24) is 25.5 Å². The predicted molar refractivity (Wildman–Crippen MR) is 105 cm³/mol. The first-order valence-corrected chi connectivity index (χ1v) is 9.26. The van der Waals surface area contributed by atoms with Gasteiger partial charge in [-0.25, -0.2) is 14.4 Å². The van der Waals surface area contributed by atoms with Crippen molar-refractivity contribution in [3.05, 3.63) is 0 Å². The maximum absolute atomic E-state index is 11.9. The van der Waals surface area contributed by atoms with E-state index in [1.54, 1.807) is 20.8 Å². The van der Waals surface area contributed by atoms with Crippen LogP contribution in [0.2, 0.25) is 0 Å². The van der Waals surface area contributed by atoms with Crippen LogP contribution in [-0.4, -0.2) is 70.8 Å². The van der Waals surface area contributed by atoms with Crippen LogP contribution in [0.1, 0.15) is 20.8 Å². The Bertz CT molecular complexity index is 512. The van der Waals surface area contributed by atoms with E-state index < -0.39 is 41.8 Å². The number of hydrogen-bond acceptors (Lipinski definition) is 9. The van der Waals surface area contributed by atoms with E-state index in [-0.39, 0.29) is 19.0 Å². The minimum atomic E-state index is -0.912. The van der Waals surface area contributed by atoms with Gasteiger partial charge in [0.25, 0.3) is 0 Å². The van der Waals surface area contributed by atoms with E-state index >= 15 is 0 Å². The van der Waals surface area contributed by atoms with Gasteiger partial charge >= 0.3 is 18.3 Å². The number of amides is 3. The van der Waals surface area contributed by atoms with Crippen LogP contribution in [0.4, 0.5) is 14.4 Å². The van der Waals surface area contributed by atoms with Crippen LogP contribution in [-0.2, 0) is 13.8 Å². The Kier molecular flexibility index (Phi) is 12.7. The van der Waals surface area contributed by atoms with Gasteiger partial charge in [0.2, 0.25) is 5.96 Å². The van der Waals surface area contributed by atoms with Gasteiger partial charge < -0.3 is 28.7 Å². The molecule has 0 spiro atoms. The molecule has 0 aliphatic carbocycles. The third-order valence-corrected chi connectivity index (χ3v) is 3.07. The summed E-state index contributed by atoms with van der Waals surface area (Å²) in [4.78, 5) is 44.6. The molecule has 0 fully saturated rings. The Morgan fingerprint density at radius 3 is 1.93 bits per heavy atom. The molecule has 0 aromatic heterocycles. The van der Waals surface area contributed by atoms with Gasteiger partial charge in [-0.1, -0.05) is 0 Å². The zero-order chi connectivity index (χ0) is 20.9. The number of nitrogens with zero attached hydrogens (tertiary/aromatic N) is 2. The smallest absolute Gasteiger partial charge is 0.417 e. The highest BCUT2D eigenvalue weighted by atomic mass is 31.1. The van der Waals surface area contributed by atoms with E-state index in [0.717, 1.165) is 0 Å². The number of carbonyl (C=O) groups excluding carboxylic acids is 3. The van der Waals surface area contributed by atoms with Crippen LogP contribution < -0.4 is 20.6 Å². The fourth-order valence-electron chi connectivity index (χ4n) is 1.25. The highest BCUT2D eigenvalue weighted by molar-refractivity contribution is 7.32. The van der Waals surface area contributed by atoms with Gasteiger partial charge in [0.1, 0.15) is 23.5 Å². The topological polar surface area (TPSA) is 143 Å². The lowest BCUT2D eigenvalue weighted by molar-refractivity contribution is 0.0304. The zero-order valence-electron chi connectivity index (χ0n) is 15.4. The van der Waals surface area contributed by atoms with Crippen LogP contribution in [0.3, 0.4) is 0 Å². The average Bonchev–Trinajstić information content (AvgIpc) is 2.56. The van der Waals surface area contributed by atoms with E-state index in [1.165, 1.54) is 11.9 Å². The van der Waals surface area contributed by atoms with Crippen molar-refractivity contribution in [3.63, 3.8) is 0 Å². The first kappa shape index (κ1) is 25.4. The summed E-state index contributed by atoms with van der Waals surface area (Å²) in [6.07, 6.45) is -2.36. The molecule has 148 valence electrons. The van der Waals surface area contributed by atoms with Crippen molar-refractivity contribution in [2.24, 2.45) is 4.99 Å². The molecule has 3 amide bonds. The largest absolute Gasteiger partial charge is 0.444 e. The Morgan fingerprint density at radius 1 is 1.04 bits per heavy atom. The van der Waals surface area contributed by atoms with E-state index in [1.807, 2.05) is 0 Å². The van der Waals surface area contributed by atoms with Crippen molar-refractivity contribution < 1.29 is 28.2 Å². The molecule has 2 atom stereocenters. The molecule has 27 heavy (non-hydrogen) atoms. The second-order valence-corrected chi connectivity index (χ2v) is 7.05. The monoisotopic (exact) mass is 418 g/mol. The highest BCUT2D eigenvalue weighted by Crippen LogP contribution is 2.09. The summed E-state index contributed by atoms with van der Waals surface area (Å²) in [5, 5.41) is 4.41. The zero-order valence-corrected chi connectivity index (χ0v) is 17.4. The number of guanidine groups is 1. The van der Waals surface area contributed by atoms with Gasteiger partial charge in [0.15, 0.2) is 16.0 Å². The van der Waals surface area contributed by atoms with Gasteiger partial charge in [-0.3, -0.25) is 15.6 Å². The van der Waals surface area contributed by atoms with Crippen molar-refractivity contribution in [1.29, 1.82) is 0 Å². The van der Waals surface area contributed by atoms with Crippen LogP contribution in [0, 0.1) is 0 Å². The molecule has 0 aliphatic rings. The molecule has 0 saturated carbocycles. The molecule has 12 nitrogen and oxygen atoms in total. The summed E-state index contributed by atoms with van der Waals surface area (Å²) in [6, 6.07) is 0. The van der Waals surface area contributed by atoms with Crippen molar-refractivity contribution in [2.75, 3.05) is 20.1 Å². The SMILES string of the molecule is [B]NPOC(=O)NC(=NCCN(C)C(=O)OC(C)(C)C)NC(=O)OPN[B]. The molecule has 0 saturated heterocycles. The standard InChI is InChI=1S/C11H22B2N6O6P2/c1-11(2,3)23-10(22)19(4)6-5-14-7(15-8(20)24-26-17-12)16-9(21)25-27-18-13/h17-18,26-27H,5-6H2,1-4H3,(H2,14,15,16,20,21). The Hall–Kier alpha value is -1.61. The average molecular weight is 418 g/mol. The maximum atomic E-state index is 11.9. The second kappa shape index (κ2) is 13.5. The fourth-order valence-corrected chi connectivity index (χ4v) is 1.65. The molecule has 16 heteroatoms. The summed E-state index contributed by atoms with van der Waals surface area (Å²) in [6.45, 7) is 5.43. The third-order valence-electron chi connectivity index (χ3n) is 2.26. The molecular weight excluding hydrogens is 396 g/mol. The number of ether oxygens (including phenoxy) is 1. The lowest BCUT2D eigenvalue weighted by Gasteiger charge is -2.24. The second-order valence-electron chi connectivity index (χ2n) is 5.65. The number of carbonyl (C=O) groups is 3. The fraction of sp³-hybridized carbons (Fsp3) is 0.636. The quantitative estimate of drug-likeness (QED) is 0.149. The minimum Gasteiger partial charge on any atom is -0.444 e. The van der Waals surface area contributed by atoms with E-state index in [4.69, 9.17) is 20.7 Å². The number of aliphatic imine (C=N–C) groups is 1. The summed E-state index contributed by atoms with van der Waals surface area (Å²) < 4.78 is 14.5. The van der Waals surface area contributed by atoms with Crippen LogP contribution >= 0.6 is 17.9 Å². The summed E-state index contributed by atoms with van der Waals surface area (Å²) >= 11 is 0. The van der Waals surface area contributed by atoms with Crippen LogP contribution in [0.5, 0.6) is 0 Å². The summed E-state index contributed by atoms with van der Waals surface area (Å²) in [7, 11) is 10.5. The van der Waals surface area contributed by atoms with Crippen molar-refractivity contribution >= 4 is 58.1 Å². The van der Waals surface area contributed by atoms with Crippen molar-refractivity contribution in [2.45, 2.75) is 26.4 Å². The molecule has 0 bridgehead atoms. The molecule has 0 heterocycles. The number of likely N-dealkylation sites (N-methyl/N-ethyl adjacent to an activating group) is 1. The molecule has 0 aromatic carbocycles. The summed E-state index contributed by atoms with van der Waals surface area (Å²) in [5.74, 6) is -0.244. The Morgan fingerprint density at radius 2 is 1.52 bits per heavy atom. The molecule has 0 rings (SSSR count). The lowest BCUT2D eigenvalue weighted by atomic mass is 10.2.